The molecule has 30 heavy (non-hydrogen) atoms. The van der Waals surface area contributed by atoms with E-state index in [0.29, 0.717) is 6.42 Å². The first-order chi connectivity index (χ1) is 14.7. The molecular weight excluding hydrogens is 372 g/mol. The number of nitrogens with two attached hydrogens (primary N) is 2. The molecule has 180 valence electrons. The molecule has 0 aliphatic carbocycles. The molecule has 0 aliphatic heterocycles. The molecule has 0 saturated carbocycles. The highest BCUT2D eigenvalue weighted by molar-refractivity contribution is 5.83. The van der Waals surface area contributed by atoms with E-state index in [4.69, 9.17) is 11.5 Å². The van der Waals surface area contributed by atoms with Crippen LogP contribution in [0.25, 0.3) is 0 Å². The molecular formula is C25H54N4O. The summed E-state index contributed by atoms with van der Waals surface area (Å²) in [6.45, 7) is 7.36. The van der Waals surface area contributed by atoms with E-state index in [1.807, 2.05) is 0 Å². The van der Waals surface area contributed by atoms with Gasteiger partial charge in [-0.25, -0.2) is 0 Å². The highest BCUT2D eigenvalue weighted by Crippen LogP contribution is 2.10. The average Bonchev–Trinajstić information content (AvgIpc) is 2.75. The number of carbonyl (C=O) groups is 1. The van der Waals surface area contributed by atoms with E-state index < -0.39 is 0 Å². The second-order valence-corrected chi connectivity index (χ2v) is 8.85. The quantitative estimate of drug-likeness (QED) is 0.159. The lowest BCUT2D eigenvalue weighted by molar-refractivity contribution is -0.120. The number of unbranched alkanes of at least 4 members (excludes halogenated alkanes) is 11. The molecule has 0 bridgehead atoms. The zero-order chi connectivity index (χ0) is 22.1. The van der Waals surface area contributed by atoms with Crippen molar-refractivity contribution in [2.45, 2.75) is 122 Å². The van der Waals surface area contributed by atoms with Crippen LogP contribution in [0.3, 0.4) is 0 Å². The van der Waals surface area contributed by atoms with Gasteiger partial charge in [0.15, 0.2) is 0 Å². The predicted molar refractivity (Wildman–Crippen MR) is 132 cm³/mol. The van der Waals surface area contributed by atoms with Gasteiger partial charge in [-0.1, -0.05) is 71.1 Å². The van der Waals surface area contributed by atoms with Crippen molar-refractivity contribution in [3.05, 3.63) is 0 Å². The van der Waals surface area contributed by atoms with Crippen LogP contribution in [0.1, 0.15) is 116 Å². The first-order valence-electron chi connectivity index (χ1n) is 13.1. The van der Waals surface area contributed by atoms with Crippen molar-refractivity contribution in [1.82, 2.24) is 10.6 Å². The Morgan fingerprint density at radius 2 is 1.13 bits per heavy atom. The summed E-state index contributed by atoms with van der Waals surface area (Å²) in [6.07, 6.45) is 20.0. The molecule has 6 N–H and O–H groups in total. The van der Waals surface area contributed by atoms with Crippen molar-refractivity contribution in [2.75, 3.05) is 32.7 Å². The topological polar surface area (TPSA) is 93.2 Å². The Morgan fingerprint density at radius 3 is 1.70 bits per heavy atom. The lowest BCUT2D eigenvalue weighted by Gasteiger charge is -2.11. The fraction of sp³-hybridized carbons (Fsp3) is 0.960. The minimum atomic E-state index is -0.245. The van der Waals surface area contributed by atoms with Crippen molar-refractivity contribution in [1.29, 1.82) is 0 Å². The van der Waals surface area contributed by atoms with Gasteiger partial charge in [0, 0.05) is 6.42 Å². The summed E-state index contributed by atoms with van der Waals surface area (Å²) in [5, 5.41) is 6.93. The van der Waals surface area contributed by atoms with E-state index >= 15 is 0 Å². The molecule has 0 amide bonds. The molecule has 0 heterocycles. The molecule has 0 spiro atoms. The Morgan fingerprint density at radius 1 is 0.667 bits per heavy atom. The van der Waals surface area contributed by atoms with Gasteiger partial charge in [0.2, 0.25) is 0 Å². The van der Waals surface area contributed by atoms with E-state index in [0.717, 1.165) is 71.2 Å². The van der Waals surface area contributed by atoms with E-state index in [-0.39, 0.29) is 11.8 Å². The number of nitrogens with one attached hydrogen (secondary N) is 2. The summed E-state index contributed by atoms with van der Waals surface area (Å²) in [5.41, 5.74) is 11.6. The third kappa shape index (κ3) is 22.2. The van der Waals surface area contributed by atoms with Crippen LogP contribution in [0.15, 0.2) is 0 Å². The van der Waals surface area contributed by atoms with Gasteiger partial charge in [-0.3, -0.25) is 4.79 Å². The van der Waals surface area contributed by atoms with Gasteiger partial charge in [-0.05, 0) is 71.2 Å². The van der Waals surface area contributed by atoms with E-state index in [9.17, 15) is 4.79 Å². The third-order valence-corrected chi connectivity index (χ3v) is 5.82. The predicted octanol–water partition coefficient (Wildman–Crippen LogP) is 4.67. The molecule has 0 aromatic heterocycles. The second-order valence-electron chi connectivity index (χ2n) is 8.85. The van der Waals surface area contributed by atoms with E-state index in [1.165, 1.54) is 64.2 Å². The van der Waals surface area contributed by atoms with Crippen LogP contribution in [0.4, 0.5) is 0 Å². The van der Waals surface area contributed by atoms with E-state index in [1.54, 1.807) is 0 Å². The number of hydrogen-bond acceptors (Lipinski definition) is 5. The van der Waals surface area contributed by atoms with Crippen LogP contribution in [-0.2, 0) is 4.79 Å². The fourth-order valence-corrected chi connectivity index (χ4v) is 3.72. The number of rotatable bonds is 25. The number of ketones is 1. The molecule has 5 heteroatoms. The number of Topliss-reactive ketones (excluding diaryl/α,β-unsaturated/α-hetero) is 1. The van der Waals surface area contributed by atoms with Crippen molar-refractivity contribution in [3.8, 4) is 0 Å². The maximum atomic E-state index is 12.2. The molecule has 0 fully saturated rings. The zero-order valence-electron chi connectivity index (χ0n) is 20.2. The summed E-state index contributed by atoms with van der Waals surface area (Å²) in [5.74, 6) is 0.266. The maximum absolute atomic E-state index is 12.2. The minimum Gasteiger partial charge on any atom is -0.330 e. The van der Waals surface area contributed by atoms with Crippen molar-refractivity contribution in [2.24, 2.45) is 11.5 Å². The van der Waals surface area contributed by atoms with Crippen LogP contribution in [0, 0.1) is 0 Å². The van der Waals surface area contributed by atoms with Crippen LogP contribution in [-0.4, -0.2) is 44.5 Å². The lowest BCUT2D eigenvalue weighted by atomic mass is 10.0. The van der Waals surface area contributed by atoms with Gasteiger partial charge in [-0.2, -0.15) is 0 Å². The lowest BCUT2D eigenvalue weighted by Crippen LogP contribution is -2.30. The van der Waals surface area contributed by atoms with Gasteiger partial charge in [-0.15, -0.1) is 0 Å². The third-order valence-electron chi connectivity index (χ3n) is 5.82. The summed E-state index contributed by atoms with van der Waals surface area (Å²) >= 11 is 0. The number of carbonyl (C=O) groups excluding carboxylic acids is 1. The SMILES string of the molecule is CCCCCCCNCCCC[C@H](N)C(=O)CCCCCCCCCNCCCN. The molecule has 5 nitrogen and oxygen atoms in total. The summed E-state index contributed by atoms with van der Waals surface area (Å²) in [7, 11) is 0. The normalized spacial score (nSPS) is 12.4. The fourth-order valence-electron chi connectivity index (χ4n) is 3.72. The van der Waals surface area contributed by atoms with Gasteiger partial charge in [0.05, 0.1) is 6.04 Å². The molecule has 0 aromatic rings. The van der Waals surface area contributed by atoms with Crippen molar-refractivity contribution < 1.29 is 4.79 Å². The van der Waals surface area contributed by atoms with Gasteiger partial charge in [0.25, 0.3) is 0 Å². The molecule has 0 radical (unpaired) electrons. The summed E-state index contributed by atoms with van der Waals surface area (Å²) < 4.78 is 0. The monoisotopic (exact) mass is 426 g/mol. The molecule has 0 aromatic carbocycles. The smallest absolute Gasteiger partial charge is 0.149 e. The van der Waals surface area contributed by atoms with E-state index in [2.05, 4.69) is 17.6 Å². The summed E-state index contributed by atoms with van der Waals surface area (Å²) in [6, 6.07) is -0.245. The van der Waals surface area contributed by atoms with Crippen LogP contribution in [0.5, 0.6) is 0 Å². The number of hydrogen-bond donors (Lipinski definition) is 4. The van der Waals surface area contributed by atoms with Crippen LogP contribution >= 0.6 is 0 Å². The Balaban J connectivity index is 3.30. The maximum Gasteiger partial charge on any atom is 0.149 e. The molecule has 0 rings (SSSR count). The largest absolute Gasteiger partial charge is 0.330 e. The Labute approximate surface area is 187 Å². The van der Waals surface area contributed by atoms with Crippen molar-refractivity contribution >= 4 is 5.78 Å². The molecule has 0 aliphatic rings. The van der Waals surface area contributed by atoms with Crippen LogP contribution < -0.4 is 22.1 Å². The Kier molecular flexibility index (Phi) is 24.4. The molecule has 0 saturated heterocycles. The van der Waals surface area contributed by atoms with Crippen LogP contribution in [0.2, 0.25) is 0 Å². The highest BCUT2D eigenvalue weighted by atomic mass is 16.1. The average molecular weight is 427 g/mol. The van der Waals surface area contributed by atoms with Crippen molar-refractivity contribution in [3.63, 3.8) is 0 Å². The second kappa shape index (κ2) is 24.8. The Bertz CT molecular complexity index is 352. The standard InChI is InChI=1S/C25H54N4O/c1-2-3-4-9-13-20-28-22-15-12-17-24(27)25(30)18-11-8-6-5-7-10-14-21-29-23-16-19-26/h24,28-29H,2-23,26-27H2,1H3/t24-/m0/s1. The Hall–Kier alpha value is -0.490. The minimum absolute atomic E-state index is 0.245. The van der Waals surface area contributed by atoms with Gasteiger partial charge in [0.1, 0.15) is 5.78 Å². The molecule has 1 atom stereocenters. The highest BCUT2D eigenvalue weighted by Gasteiger charge is 2.12. The first-order valence-corrected chi connectivity index (χ1v) is 13.1. The van der Waals surface area contributed by atoms with Gasteiger partial charge < -0.3 is 22.1 Å². The first kappa shape index (κ1) is 29.5. The zero-order valence-corrected chi connectivity index (χ0v) is 20.2. The molecule has 0 unspecified atom stereocenters. The summed E-state index contributed by atoms with van der Waals surface area (Å²) in [4.78, 5) is 12.2. The van der Waals surface area contributed by atoms with Gasteiger partial charge >= 0.3 is 0 Å².